The van der Waals surface area contributed by atoms with Gasteiger partial charge in [-0.15, -0.1) is 0 Å². The summed E-state index contributed by atoms with van der Waals surface area (Å²) < 4.78 is 0. The van der Waals surface area contributed by atoms with Crippen LogP contribution in [0.5, 0.6) is 0 Å². The minimum absolute atomic E-state index is 0.0287. The fourth-order valence-electron chi connectivity index (χ4n) is 4.44. The van der Waals surface area contributed by atoms with E-state index in [1.54, 1.807) is 12.1 Å². The molecule has 0 bridgehead atoms. The summed E-state index contributed by atoms with van der Waals surface area (Å²) in [6, 6.07) is 12.9. The van der Waals surface area contributed by atoms with Gasteiger partial charge in [0.2, 0.25) is 0 Å². The molecule has 0 spiro atoms. The van der Waals surface area contributed by atoms with Gasteiger partial charge < -0.3 is 4.90 Å². The third-order valence-electron chi connectivity index (χ3n) is 6.11. The minimum Gasteiger partial charge on any atom is -0.338 e. The normalized spacial score (nSPS) is 22.1. The Balaban J connectivity index is 1.71. The van der Waals surface area contributed by atoms with Gasteiger partial charge >= 0.3 is 0 Å². The number of carbonyl (C=O) groups excluding carboxylic acids is 1. The predicted octanol–water partition coefficient (Wildman–Crippen LogP) is 6.99. The molecule has 1 amide bonds. The molecule has 2 unspecified atom stereocenters. The lowest BCUT2D eigenvalue weighted by Gasteiger charge is -2.28. The Labute approximate surface area is 198 Å². The van der Waals surface area contributed by atoms with Crippen LogP contribution in [0.4, 0.5) is 5.69 Å². The molecule has 4 nitrogen and oxygen atoms in total. The summed E-state index contributed by atoms with van der Waals surface area (Å²) in [7, 11) is 0. The summed E-state index contributed by atoms with van der Waals surface area (Å²) in [5, 5.41) is 8.43. The summed E-state index contributed by atoms with van der Waals surface area (Å²) >= 11 is 18.8. The maximum Gasteiger partial charge on any atom is 0.270 e. The standard InChI is InChI=1S/C24H26Cl3N3O/c1-16-22(24(31)29-13-5-3-2-4-6-14-29)28-30(21-12-11-19(26)15-20(21)27)23(16)17-7-9-18(25)10-8-17/h7-12,15-16,23H,2-6,13-14H2,1H3. The van der Waals surface area contributed by atoms with Crippen molar-refractivity contribution in [3.8, 4) is 0 Å². The molecule has 2 aliphatic heterocycles. The van der Waals surface area contributed by atoms with Crippen molar-refractivity contribution < 1.29 is 4.79 Å². The molecule has 2 aromatic rings. The molecule has 2 aromatic carbocycles. The van der Waals surface area contributed by atoms with Gasteiger partial charge in [-0.1, -0.05) is 73.1 Å². The molecule has 0 radical (unpaired) electrons. The summed E-state index contributed by atoms with van der Waals surface area (Å²) in [5.41, 5.74) is 2.34. The lowest BCUT2D eigenvalue weighted by atomic mass is 9.90. The van der Waals surface area contributed by atoms with Gasteiger partial charge in [0.25, 0.3) is 5.91 Å². The van der Waals surface area contributed by atoms with Crippen LogP contribution in [0.3, 0.4) is 0 Å². The van der Waals surface area contributed by atoms with Crippen molar-refractivity contribution in [1.29, 1.82) is 0 Å². The number of amides is 1. The Kier molecular flexibility index (Phi) is 7.10. The number of likely N-dealkylation sites (tertiary alicyclic amines) is 1. The van der Waals surface area contributed by atoms with Crippen LogP contribution in [-0.4, -0.2) is 29.6 Å². The van der Waals surface area contributed by atoms with Crippen LogP contribution in [0, 0.1) is 5.92 Å². The summed E-state index contributed by atoms with van der Waals surface area (Å²) in [4.78, 5) is 15.5. The van der Waals surface area contributed by atoms with Gasteiger partial charge in [0.15, 0.2) is 0 Å². The van der Waals surface area contributed by atoms with Gasteiger partial charge in [0.05, 0.1) is 16.8 Å². The number of nitrogens with zero attached hydrogens (tertiary/aromatic N) is 3. The van der Waals surface area contributed by atoms with E-state index in [9.17, 15) is 4.79 Å². The lowest BCUT2D eigenvalue weighted by molar-refractivity contribution is -0.124. The fraction of sp³-hybridized carbons (Fsp3) is 0.417. The molecule has 0 aliphatic carbocycles. The quantitative estimate of drug-likeness (QED) is 0.476. The van der Waals surface area contributed by atoms with Gasteiger partial charge in [-0.05, 0) is 48.7 Å². The molecule has 1 fully saturated rings. The number of benzene rings is 2. The first-order valence-electron chi connectivity index (χ1n) is 10.8. The first-order chi connectivity index (χ1) is 15.0. The van der Waals surface area contributed by atoms with E-state index >= 15 is 0 Å². The molecule has 2 atom stereocenters. The molecule has 0 N–H and O–H groups in total. The highest BCUT2D eigenvalue weighted by Crippen LogP contribution is 2.42. The third-order valence-corrected chi connectivity index (χ3v) is 6.90. The second-order valence-corrected chi connectivity index (χ2v) is 9.55. The van der Waals surface area contributed by atoms with E-state index in [0.29, 0.717) is 20.8 Å². The molecule has 2 aliphatic rings. The minimum atomic E-state index is -0.162. The molecule has 164 valence electrons. The Bertz CT molecular complexity index is 969. The Morgan fingerprint density at radius 1 is 0.903 bits per heavy atom. The molecular formula is C24H26Cl3N3O. The highest BCUT2D eigenvalue weighted by Gasteiger charge is 2.41. The van der Waals surface area contributed by atoms with Crippen LogP contribution in [0.25, 0.3) is 0 Å². The Morgan fingerprint density at radius 3 is 2.16 bits per heavy atom. The van der Waals surface area contributed by atoms with Crippen LogP contribution in [0.2, 0.25) is 15.1 Å². The Hall–Kier alpha value is -1.75. The van der Waals surface area contributed by atoms with Crippen LogP contribution in [0.15, 0.2) is 47.6 Å². The van der Waals surface area contributed by atoms with Crippen molar-refractivity contribution in [2.45, 2.75) is 45.1 Å². The first kappa shape index (κ1) is 22.4. The molecule has 0 saturated carbocycles. The zero-order valence-electron chi connectivity index (χ0n) is 17.5. The molecular weight excluding hydrogens is 453 g/mol. The van der Waals surface area contributed by atoms with Crippen LogP contribution in [-0.2, 0) is 4.79 Å². The first-order valence-corrected chi connectivity index (χ1v) is 12.0. The molecule has 7 heteroatoms. The van der Waals surface area contributed by atoms with E-state index in [2.05, 4.69) is 6.92 Å². The van der Waals surface area contributed by atoms with Crippen LogP contribution >= 0.6 is 34.8 Å². The predicted molar refractivity (Wildman–Crippen MR) is 129 cm³/mol. The molecule has 31 heavy (non-hydrogen) atoms. The maximum atomic E-state index is 13.5. The number of hydrazone groups is 1. The highest BCUT2D eigenvalue weighted by atomic mass is 35.5. The van der Waals surface area contributed by atoms with Crippen molar-refractivity contribution in [3.63, 3.8) is 0 Å². The van der Waals surface area contributed by atoms with Crippen molar-refractivity contribution in [2.75, 3.05) is 18.1 Å². The van der Waals surface area contributed by atoms with Crippen molar-refractivity contribution in [1.82, 2.24) is 4.90 Å². The molecule has 2 heterocycles. The number of hydrogen-bond donors (Lipinski definition) is 0. The van der Waals surface area contributed by atoms with Gasteiger partial charge in [-0.25, -0.2) is 0 Å². The van der Waals surface area contributed by atoms with E-state index in [1.807, 2.05) is 40.2 Å². The summed E-state index contributed by atoms with van der Waals surface area (Å²) in [5.74, 6) is -0.0770. The van der Waals surface area contributed by atoms with Crippen molar-refractivity contribution in [2.24, 2.45) is 11.0 Å². The van der Waals surface area contributed by atoms with E-state index < -0.39 is 0 Å². The highest BCUT2D eigenvalue weighted by molar-refractivity contribution is 6.41. The third kappa shape index (κ3) is 4.87. The van der Waals surface area contributed by atoms with Crippen LogP contribution in [0.1, 0.15) is 50.6 Å². The van der Waals surface area contributed by atoms with Gasteiger partial charge in [-0.3, -0.25) is 9.80 Å². The average molecular weight is 479 g/mol. The summed E-state index contributed by atoms with van der Waals surface area (Å²) in [6.45, 7) is 3.64. The SMILES string of the molecule is CC1C(C(=O)N2CCCCCCC2)=NN(c2ccc(Cl)cc2Cl)C1c1ccc(Cl)cc1. The number of anilines is 1. The second kappa shape index (κ2) is 9.81. The smallest absolute Gasteiger partial charge is 0.270 e. The van der Waals surface area contributed by atoms with E-state index in [0.717, 1.165) is 37.2 Å². The number of rotatable bonds is 3. The Morgan fingerprint density at radius 2 is 1.52 bits per heavy atom. The van der Waals surface area contributed by atoms with E-state index in [1.165, 1.54) is 19.3 Å². The largest absolute Gasteiger partial charge is 0.338 e. The average Bonchev–Trinajstić information content (AvgIpc) is 3.05. The summed E-state index contributed by atoms with van der Waals surface area (Å²) in [6.07, 6.45) is 5.68. The van der Waals surface area contributed by atoms with E-state index in [-0.39, 0.29) is 17.9 Å². The zero-order chi connectivity index (χ0) is 22.0. The van der Waals surface area contributed by atoms with Gasteiger partial charge in [0, 0.05) is 29.1 Å². The number of halogens is 3. The lowest BCUT2D eigenvalue weighted by Crippen LogP contribution is -2.40. The molecule has 4 rings (SSSR count). The van der Waals surface area contributed by atoms with Crippen LogP contribution < -0.4 is 5.01 Å². The molecule has 0 aromatic heterocycles. The second-order valence-electron chi connectivity index (χ2n) is 8.27. The van der Waals surface area contributed by atoms with Crippen molar-refractivity contribution >= 4 is 52.1 Å². The number of hydrogen-bond acceptors (Lipinski definition) is 3. The topological polar surface area (TPSA) is 35.9 Å². The van der Waals surface area contributed by atoms with E-state index in [4.69, 9.17) is 39.9 Å². The fourth-order valence-corrected chi connectivity index (χ4v) is 5.06. The number of carbonyl (C=O) groups is 1. The monoisotopic (exact) mass is 477 g/mol. The van der Waals surface area contributed by atoms with Crippen molar-refractivity contribution in [3.05, 3.63) is 63.1 Å². The van der Waals surface area contributed by atoms with Gasteiger partial charge in [0.1, 0.15) is 5.71 Å². The van der Waals surface area contributed by atoms with Gasteiger partial charge in [-0.2, -0.15) is 5.10 Å². The maximum absolute atomic E-state index is 13.5. The zero-order valence-corrected chi connectivity index (χ0v) is 19.8. The molecule has 1 saturated heterocycles.